The topological polar surface area (TPSA) is 35.2 Å². The monoisotopic (exact) mass is 293 g/mol. The van der Waals surface area contributed by atoms with E-state index in [9.17, 15) is 13.2 Å². The number of hydrogen-bond donors (Lipinski definition) is 2. The number of nitrogens with two attached hydrogens (primary N) is 1. The fraction of sp³-hybridized carbons (Fsp3) is 0.538. The van der Waals surface area contributed by atoms with E-state index in [2.05, 4.69) is 12.6 Å². The number of ether oxygens (including phenoxy) is 1. The second kappa shape index (κ2) is 7.65. The molecule has 0 unspecified atom stereocenters. The van der Waals surface area contributed by atoms with Crippen molar-refractivity contribution in [3.63, 3.8) is 0 Å². The Kier molecular flexibility index (Phi) is 6.51. The molecule has 0 aromatic heterocycles. The summed E-state index contributed by atoms with van der Waals surface area (Å²) in [5.74, 6) is 1.10. The summed E-state index contributed by atoms with van der Waals surface area (Å²) in [6, 6.07) is 4.80. The number of halogens is 3. The van der Waals surface area contributed by atoms with Gasteiger partial charge < -0.3 is 10.5 Å². The van der Waals surface area contributed by atoms with E-state index in [1.54, 1.807) is 0 Å². The van der Waals surface area contributed by atoms with Crippen LogP contribution in [-0.2, 0) is 6.18 Å². The molecule has 2 N–H and O–H groups in total. The van der Waals surface area contributed by atoms with Crippen molar-refractivity contribution in [3.8, 4) is 5.75 Å². The van der Waals surface area contributed by atoms with Gasteiger partial charge in [-0.15, -0.1) is 0 Å². The van der Waals surface area contributed by atoms with E-state index in [4.69, 9.17) is 10.5 Å². The van der Waals surface area contributed by atoms with Crippen molar-refractivity contribution in [3.05, 3.63) is 29.8 Å². The molecule has 0 aliphatic carbocycles. The lowest BCUT2D eigenvalue weighted by Gasteiger charge is -2.10. The number of thiol groups is 1. The van der Waals surface area contributed by atoms with E-state index in [-0.39, 0.29) is 6.04 Å². The third kappa shape index (κ3) is 6.20. The van der Waals surface area contributed by atoms with Crippen LogP contribution >= 0.6 is 12.6 Å². The lowest BCUT2D eigenvalue weighted by molar-refractivity contribution is -0.137. The molecule has 1 rings (SSSR count). The van der Waals surface area contributed by atoms with Crippen LogP contribution in [0, 0.1) is 0 Å². The molecule has 0 saturated heterocycles. The third-order valence-corrected chi connectivity index (χ3v) is 3.12. The van der Waals surface area contributed by atoms with Crippen LogP contribution in [0.25, 0.3) is 0 Å². The minimum atomic E-state index is -4.30. The van der Waals surface area contributed by atoms with E-state index < -0.39 is 11.7 Å². The maximum Gasteiger partial charge on any atom is 0.416 e. The second-order valence-corrected chi connectivity index (χ2v) is 4.67. The molecule has 2 nitrogen and oxygen atoms in total. The highest BCUT2D eigenvalue weighted by molar-refractivity contribution is 7.80. The van der Waals surface area contributed by atoms with Crippen LogP contribution in [0.1, 0.15) is 24.8 Å². The third-order valence-electron chi connectivity index (χ3n) is 2.65. The zero-order valence-corrected chi connectivity index (χ0v) is 11.4. The Bertz CT molecular complexity index is 367. The Morgan fingerprint density at radius 1 is 1.16 bits per heavy atom. The normalized spacial score (nSPS) is 13.3. The molecule has 1 aromatic rings. The summed E-state index contributed by atoms with van der Waals surface area (Å²) in [6.45, 7) is 0.477. The van der Waals surface area contributed by atoms with Crippen molar-refractivity contribution in [1.29, 1.82) is 0 Å². The molecule has 0 amide bonds. The first-order valence-electron chi connectivity index (χ1n) is 6.10. The van der Waals surface area contributed by atoms with Gasteiger partial charge in [-0.3, -0.25) is 0 Å². The van der Waals surface area contributed by atoms with Gasteiger partial charge in [-0.2, -0.15) is 25.8 Å². The standard InChI is InChI=1S/C13H18F3NOS/c14-13(15,16)10-4-6-12(7-5-10)18-8-2-1-3-11(17)9-19/h4-7,11,19H,1-3,8-9,17H2/t11-/m0/s1. The summed E-state index contributed by atoms with van der Waals surface area (Å²) in [4.78, 5) is 0. The van der Waals surface area contributed by atoms with Gasteiger partial charge in [0.1, 0.15) is 5.75 Å². The minimum absolute atomic E-state index is 0.0920. The van der Waals surface area contributed by atoms with Crippen molar-refractivity contribution in [2.45, 2.75) is 31.5 Å². The average Bonchev–Trinajstić information content (AvgIpc) is 2.37. The molecule has 0 saturated carbocycles. The molecule has 1 atom stereocenters. The van der Waals surface area contributed by atoms with Crippen LogP contribution in [0.4, 0.5) is 13.2 Å². The first kappa shape index (κ1) is 16.2. The molecular formula is C13H18F3NOS. The highest BCUT2D eigenvalue weighted by Crippen LogP contribution is 2.30. The SMILES string of the molecule is N[C@H](CS)CCCCOc1ccc(C(F)(F)F)cc1. The van der Waals surface area contributed by atoms with E-state index in [0.29, 0.717) is 18.1 Å². The number of unbranched alkanes of at least 4 members (excludes halogenated alkanes) is 1. The van der Waals surface area contributed by atoms with Crippen LogP contribution < -0.4 is 10.5 Å². The molecule has 0 bridgehead atoms. The predicted octanol–water partition coefficient (Wildman–Crippen LogP) is 3.51. The summed E-state index contributed by atoms with van der Waals surface area (Å²) in [5, 5.41) is 0. The maximum atomic E-state index is 12.3. The lowest BCUT2D eigenvalue weighted by Crippen LogP contribution is -2.21. The van der Waals surface area contributed by atoms with Gasteiger partial charge in [0.05, 0.1) is 12.2 Å². The van der Waals surface area contributed by atoms with Gasteiger partial charge in [-0.25, -0.2) is 0 Å². The minimum Gasteiger partial charge on any atom is -0.494 e. The molecule has 108 valence electrons. The Morgan fingerprint density at radius 3 is 2.32 bits per heavy atom. The summed E-state index contributed by atoms with van der Waals surface area (Å²) in [7, 11) is 0. The van der Waals surface area contributed by atoms with Crippen molar-refractivity contribution >= 4 is 12.6 Å². The largest absolute Gasteiger partial charge is 0.494 e. The molecular weight excluding hydrogens is 275 g/mol. The van der Waals surface area contributed by atoms with Gasteiger partial charge in [-0.1, -0.05) is 0 Å². The summed E-state index contributed by atoms with van der Waals surface area (Å²) >= 11 is 4.08. The van der Waals surface area contributed by atoms with Crippen molar-refractivity contribution in [2.75, 3.05) is 12.4 Å². The highest BCUT2D eigenvalue weighted by atomic mass is 32.1. The lowest BCUT2D eigenvalue weighted by atomic mass is 10.1. The van der Waals surface area contributed by atoms with E-state index in [1.165, 1.54) is 12.1 Å². The molecule has 0 fully saturated rings. The van der Waals surface area contributed by atoms with Crippen molar-refractivity contribution in [1.82, 2.24) is 0 Å². The fourth-order valence-electron chi connectivity index (χ4n) is 1.53. The Morgan fingerprint density at radius 2 is 1.79 bits per heavy atom. The quantitative estimate of drug-likeness (QED) is 0.596. The van der Waals surface area contributed by atoms with E-state index >= 15 is 0 Å². The molecule has 6 heteroatoms. The summed E-state index contributed by atoms with van der Waals surface area (Å²) in [5.41, 5.74) is 5.03. The molecule has 0 aliphatic heterocycles. The second-order valence-electron chi connectivity index (χ2n) is 4.31. The van der Waals surface area contributed by atoms with E-state index in [1.807, 2.05) is 0 Å². The number of benzene rings is 1. The molecule has 0 spiro atoms. The van der Waals surface area contributed by atoms with Crippen LogP contribution in [0.2, 0.25) is 0 Å². The Labute approximate surface area is 116 Å². The fourth-order valence-corrected chi connectivity index (χ4v) is 1.71. The van der Waals surface area contributed by atoms with Crippen molar-refractivity contribution < 1.29 is 17.9 Å². The molecule has 0 radical (unpaired) electrons. The zero-order valence-electron chi connectivity index (χ0n) is 10.5. The van der Waals surface area contributed by atoms with Crippen LogP contribution in [0.3, 0.4) is 0 Å². The van der Waals surface area contributed by atoms with E-state index in [0.717, 1.165) is 31.4 Å². The first-order valence-corrected chi connectivity index (χ1v) is 6.73. The van der Waals surface area contributed by atoms with Gasteiger partial charge in [0.25, 0.3) is 0 Å². The van der Waals surface area contributed by atoms with Gasteiger partial charge in [0, 0.05) is 11.8 Å². The highest BCUT2D eigenvalue weighted by Gasteiger charge is 2.29. The number of rotatable bonds is 7. The smallest absolute Gasteiger partial charge is 0.416 e. The molecule has 19 heavy (non-hydrogen) atoms. The molecule has 1 aromatic carbocycles. The first-order chi connectivity index (χ1) is 8.93. The summed E-state index contributed by atoms with van der Waals surface area (Å²) < 4.78 is 42.3. The van der Waals surface area contributed by atoms with Gasteiger partial charge in [-0.05, 0) is 43.5 Å². The van der Waals surface area contributed by atoms with Crippen LogP contribution in [0.5, 0.6) is 5.75 Å². The summed E-state index contributed by atoms with van der Waals surface area (Å²) in [6.07, 6.45) is -1.69. The van der Waals surface area contributed by atoms with Gasteiger partial charge in [0.15, 0.2) is 0 Å². The average molecular weight is 293 g/mol. The molecule has 0 heterocycles. The van der Waals surface area contributed by atoms with Crippen LogP contribution in [-0.4, -0.2) is 18.4 Å². The Balaban J connectivity index is 2.27. The Hall–Kier alpha value is -0.880. The zero-order chi connectivity index (χ0) is 14.3. The van der Waals surface area contributed by atoms with Gasteiger partial charge >= 0.3 is 6.18 Å². The van der Waals surface area contributed by atoms with Gasteiger partial charge in [0.2, 0.25) is 0 Å². The maximum absolute atomic E-state index is 12.3. The predicted molar refractivity (Wildman–Crippen MR) is 72.6 cm³/mol. The molecule has 0 aliphatic rings. The van der Waals surface area contributed by atoms with Crippen LogP contribution in [0.15, 0.2) is 24.3 Å². The number of hydrogen-bond acceptors (Lipinski definition) is 3. The van der Waals surface area contributed by atoms with Crippen molar-refractivity contribution in [2.24, 2.45) is 5.73 Å². The number of alkyl halides is 3.